The predicted molar refractivity (Wildman–Crippen MR) is 119 cm³/mol. The van der Waals surface area contributed by atoms with Crippen molar-refractivity contribution in [3.05, 3.63) is 70.0 Å². The van der Waals surface area contributed by atoms with Gasteiger partial charge in [-0.3, -0.25) is 0 Å². The van der Waals surface area contributed by atoms with Crippen LogP contribution in [0.25, 0.3) is 0 Å². The van der Waals surface area contributed by atoms with Crippen molar-refractivity contribution in [3.63, 3.8) is 0 Å². The molecule has 0 radical (unpaired) electrons. The molecule has 3 unspecified atom stereocenters. The first-order chi connectivity index (χ1) is 14.5. The average molecular weight is 474 g/mol. The first-order valence-electron chi connectivity index (χ1n) is 10.9. The summed E-state index contributed by atoms with van der Waals surface area (Å²) in [6.07, 6.45) is -2.07. The summed E-state index contributed by atoms with van der Waals surface area (Å²) in [6, 6.07) is 9.80. The zero-order chi connectivity index (χ0) is 22.6. The van der Waals surface area contributed by atoms with Crippen LogP contribution in [-0.2, 0) is 23.9 Å². The number of halogens is 6. The van der Waals surface area contributed by atoms with Crippen LogP contribution in [0.1, 0.15) is 67.3 Å². The summed E-state index contributed by atoms with van der Waals surface area (Å²) in [5, 5.41) is 3.55. The fraction of sp³-hybridized carbons (Fsp3) is 0.520. The minimum Gasteiger partial charge on any atom is -0.313 e. The van der Waals surface area contributed by atoms with Crippen molar-refractivity contribution in [1.29, 1.82) is 0 Å². The lowest BCUT2D eigenvalue weighted by Crippen LogP contribution is -2.46. The van der Waals surface area contributed by atoms with Crippen LogP contribution in [0.15, 0.2) is 36.4 Å². The zero-order valence-corrected chi connectivity index (χ0v) is 19.3. The van der Waals surface area contributed by atoms with E-state index in [1.54, 1.807) is 12.1 Å². The van der Waals surface area contributed by atoms with Crippen LogP contribution in [-0.4, -0.2) is 18.8 Å². The van der Waals surface area contributed by atoms with Crippen molar-refractivity contribution < 1.29 is 22.0 Å². The monoisotopic (exact) mass is 473 g/mol. The van der Waals surface area contributed by atoms with E-state index in [-0.39, 0.29) is 41.2 Å². The van der Waals surface area contributed by atoms with Gasteiger partial charge in [0.05, 0.1) is 0 Å². The van der Waals surface area contributed by atoms with Crippen LogP contribution in [0.4, 0.5) is 22.0 Å². The first-order valence-corrected chi connectivity index (χ1v) is 10.9. The summed E-state index contributed by atoms with van der Waals surface area (Å²) < 4.78 is 68.6. The summed E-state index contributed by atoms with van der Waals surface area (Å²) in [6.45, 7) is 5.30. The molecule has 176 valence electrons. The van der Waals surface area contributed by atoms with Crippen molar-refractivity contribution in [2.24, 2.45) is 0 Å². The Morgan fingerprint density at radius 3 is 2.47 bits per heavy atom. The third-order valence-corrected chi connectivity index (χ3v) is 7.25. The lowest BCUT2D eigenvalue weighted by molar-refractivity contribution is -0.228. The normalized spacial score (nSPS) is 24.5. The minimum atomic E-state index is -4.97. The number of fused-ring (bicyclic) bond motifs is 3. The van der Waals surface area contributed by atoms with Crippen LogP contribution >= 0.6 is 12.4 Å². The lowest BCUT2D eigenvalue weighted by Gasteiger charge is -2.42. The second-order valence-electron chi connectivity index (χ2n) is 9.51. The highest BCUT2D eigenvalue weighted by molar-refractivity contribution is 5.85. The topological polar surface area (TPSA) is 12.0 Å². The van der Waals surface area contributed by atoms with E-state index in [1.165, 1.54) is 18.2 Å². The molecule has 1 saturated heterocycles. The minimum absolute atomic E-state index is 0. The average Bonchev–Trinajstić information content (AvgIpc) is 3.11. The molecule has 1 N–H and O–H groups in total. The fourth-order valence-corrected chi connectivity index (χ4v) is 5.40. The Kier molecular flexibility index (Phi) is 6.71. The van der Waals surface area contributed by atoms with E-state index in [0.29, 0.717) is 25.3 Å². The van der Waals surface area contributed by atoms with Crippen molar-refractivity contribution in [3.8, 4) is 0 Å². The van der Waals surface area contributed by atoms with Gasteiger partial charge in [-0.2, -0.15) is 13.2 Å². The van der Waals surface area contributed by atoms with E-state index in [0.717, 1.165) is 36.1 Å². The van der Waals surface area contributed by atoms with E-state index in [4.69, 9.17) is 0 Å². The van der Waals surface area contributed by atoms with Crippen molar-refractivity contribution in [2.45, 2.75) is 75.7 Å². The van der Waals surface area contributed by atoms with Gasteiger partial charge in [-0.1, -0.05) is 44.2 Å². The molecule has 1 heterocycles. The van der Waals surface area contributed by atoms with Gasteiger partial charge in [0.2, 0.25) is 5.67 Å². The smallest absolute Gasteiger partial charge is 0.313 e. The first kappa shape index (κ1) is 25.0. The highest BCUT2D eigenvalue weighted by atomic mass is 35.5. The van der Waals surface area contributed by atoms with Gasteiger partial charge >= 0.3 is 6.18 Å². The van der Waals surface area contributed by atoms with Gasteiger partial charge in [-0.05, 0) is 79.0 Å². The van der Waals surface area contributed by atoms with E-state index in [9.17, 15) is 22.0 Å². The number of benzene rings is 2. The number of hydrogen-bond acceptors (Lipinski definition) is 1. The van der Waals surface area contributed by atoms with Crippen molar-refractivity contribution in [1.82, 2.24) is 5.32 Å². The van der Waals surface area contributed by atoms with Gasteiger partial charge < -0.3 is 5.32 Å². The molecule has 32 heavy (non-hydrogen) atoms. The molecular weight excluding hydrogens is 445 g/mol. The molecule has 0 bridgehead atoms. The van der Waals surface area contributed by atoms with Gasteiger partial charge in [-0.15, -0.1) is 12.4 Å². The number of nitrogens with one attached hydrogen (secondary N) is 1. The summed E-state index contributed by atoms with van der Waals surface area (Å²) in [5.41, 5.74) is -0.556. The zero-order valence-electron chi connectivity index (χ0n) is 18.5. The molecule has 1 aliphatic carbocycles. The van der Waals surface area contributed by atoms with Gasteiger partial charge in [0.15, 0.2) is 0 Å². The molecule has 0 amide bonds. The third kappa shape index (κ3) is 4.05. The molecule has 0 saturated carbocycles. The van der Waals surface area contributed by atoms with Crippen LogP contribution in [0, 0.1) is 5.82 Å². The highest BCUT2D eigenvalue weighted by Crippen LogP contribution is 2.48. The van der Waals surface area contributed by atoms with E-state index >= 15 is 0 Å². The Morgan fingerprint density at radius 1 is 1.09 bits per heavy atom. The molecule has 0 spiro atoms. The maximum atomic E-state index is 14.6. The Morgan fingerprint density at radius 2 is 1.81 bits per heavy atom. The maximum absolute atomic E-state index is 14.6. The quantitative estimate of drug-likeness (QED) is 0.476. The van der Waals surface area contributed by atoms with Crippen LogP contribution in [0.3, 0.4) is 0 Å². The second kappa shape index (κ2) is 8.60. The molecule has 4 rings (SSSR count). The summed E-state index contributed by atoms with van der Waals surface area (Å²) in [5.74, 6) is -0.166. The van der Waals surface area contributed by atoms with Gasteiger partial charge in [0.25, 0.3) is 0 Å². The largest absolute Gasteiger partial charge is 0.426 e. The summed E-state index contributed by atoms with van der Waals surface area (Å²) >= 11 is 0. The van der Waals surface area contributed by atoms with Gasteiger partial charge in [-0.25, -0.2) is 8.78 Å². The van der Waals surface area contributed by atoms with Gasteiger partial charge in [0, 0.05) is 11.5 Å². The summed E-state index contributed by atoms with van der Waals surface area (Å²) in [7, 11) is 0. The molecular formula is C25H29ClF5N. The third-order valence-electron chi connectivity index (χ3n) is 7.25. The Labute approximate surface area is 192 Å². The van der Waals surface area contributed by atoms with E-state index in [1.807, 2.05) is 19.9 Å². The molecule has 1 nitrogen and oxygen atoms in total. The predicted octanol–water partition coefficient (Wildman–Crippen LogP) is 6.91. The SMILES string of the molecule is CC(C)c1cc(CC23CCNC2CCc2cc(C(C)(F)C(F)(F)F)ccc23)ccc1F.Cl. The maximum Gasteiger partial charge on any atom is 0.426 e. The molecule has 7 heteroatoms. The second-order valence-corrected chi connectivity index (χ2v) is 9.51. The lowest BCUT2D eigenvalue weighted by atomic mass is 9.63. The van der Waals surface area contributed by atoms with E-state index in [2.05, 4.69) is 5.32 Å². The standard InChI is InChI=1S/C25H28F5N.ClH/c1-15(2)19-12-16(4-8-21(19)26)14-24-10-11-31-22(24)9-5-17-13-18(6-7-20(17)24)23(3,27)25(28,29)30;/h4,6-8,12-13,15,22,31H,5,9-11,14H2,1-3H3;1H. The number of rotatable bonds is 4. The Balaban J connectivity index is 0.00000289. The Hall–Kier alpha value is -1.66. The van der Waals surface area contributed by atoms with Crippen molar-refractivity contribution >= 4 is 12.4 Å². The summed E-state index contributed by atoms with van der Waals surface area (Å²) in [4.78, 5) is 0. The highest BCUT2D eigenvalue weighted by Gasteiger charge is 2.54. The number of alkyl halides is 4. The fourth-order valence-electron chi connectivity index (χ4n) is 5.40. The Bertz CT molecular complexity index is 985. The van der Waals surface area contributed by atoms with Crippen LogP contribution in [0.2, 0.25) is 0 Å². The van der Waals surface area contributed by atoms with Crippen molar-refractivity contribution in [2.75, 3.05) is 6.54 Å². The molecule has 2 aromatic carbocycles. The molecule has 3 atom stereocenters. The number of aryl methyl sites for hydroxylation is 1. The number of hydrogen-bond donors (Lipinski definition) is 1. The molecule has 2 aliphatic rings. The van der Waals surface area contributed by atoms with Gasteiger partial charge in [0.1, 0.15) is 5.82 Å². The molecule has 0 aromatic heterocycles. The molecule has 1 fully saturated rings. The van der Waals surface area contributed by atoms with Crippen LogP contribution < -0.4 is 5.32 Å². The van der Waals surface area contributed by atoms with Crippen LogP contribution in [0.5, 0.6) is 0 Å². The van der Waals surface area contributed by atoms with E-state index < -0.39 is 11.8 Å². The molecule has 2 aromatic rings. The molecule has 1 aliphatic heterocycles.